The van der Waals surface area contributed by atoms with E-state index in [1.807, 2.05) is 49.5 Å². The van der Waals surface area contributed by atoms with Crippen LogP contribution in [0, 0.1) is 5.41 Å². The molecule has 1 aromatic heterocycles. The van der Waals surface area contributed by atoms with Gasteiger partial charge in [0.25, 0.3) is 0 Å². The number of nitrogens with zero attached hydrogens (tertiary/aromatic N) is 2. The SMILES string of the molecule is CC/C=C(\C)c1cc(-c2[nH]c(-c3ccccc3)nc2C(=N)N(C(N)=O)C2CC2)ccc1NC. The number of amidine groups is 1. The predicted octanol–water partition coefficient (Wildman–Crippen LogP) is 5.47. The van der Waals surface area contributed by atoms with Gasteiger partial charge in [-0.15, -0.1) is 0 Å². The van der Waals surface area contributed by atoms with Crippen molar-refractivity contribution in [2.45, 2.75) is 39.2 Å². The summed E-state index contributed by atoms with van der Waals surface area (Å²) < 4.78 is 0. The van der Waals surface area contributed by atoms with E-state index in [1.54, 1.807) is 0 Å². The van der Waals surface area contributed by atoms with Crippen molar-refractivity contribution in [3.05, 3.63) is 65.9 Å². The number of nitrogens with one attached hydrogen (secondary N) is 3. The van der Waals surface area contributed by atoms with E-state index >= 15 is 0 Å². The first kappa shape index (κ1) is 22.3. The van der Waals surface area contributed by atoms with Crippen molar-refractivity contribution in [2.75, 3.05) is 12.4 Å². The molecule has 1 aliphatic carbocycles. The first-order chi connectivity index (χ1) is 15.9. The Bertz CT molecular complexity index is 1210. The Balaban J connectivity index is 1.87. The summed E-state index contributed by atoms with van der Waals surface area (Å²) in [6.45, 7) is 4.21. The van der Waals surface area contributed by atoms with Crippen LogP contribution in [0.3, 0.4) is 0 Å². The minimum atomic E-state index is -0.620. The Morgan fingerprint density at radius 3 is 2.58 bits per heavy atom. The van der Waals surface area contributed by atoms with Crippen LogP contribution in [-0.4, -0.2) is 39.8 Å². The molecule has 33 heavy (non-hydrogen) atoms. The van der Waals surface area contributed by atoms with E-state index in [1.165, 1.54) is 10.5 Å². The number of hydrogen-bond acceptors (Lipinski definition) is 4. The number of urea groups is 1. The number of rotatable bonds is 7. The maximum atomic E-state index is 12.2. The molecule has 0 saturated heterocycles. The van der Waals surface area contributed by atoms with Crippen LogP contribution in [0.5, 0.6) is 0 Å². The molecule has 3 aromatic rings. The van der Waals surface area contributed by atoms with Crippen molar-refractivity contribution in [3.63, 3.8) is 0 Å². The van der Waals surface area contributed by atoms with Gasteiger partial charge in [-0.05, 0) is 43.9 Å². The topological polar surface area (TPSA) is 111 Å². The quantitative estimate of drug-likeness (QED) is 0.288. The van der Waals surface area contributed by atoms with Crippen LogP contribution in [0.15, 0.2) is 54.6 Å². The number of benzene rings is 2. The zero-order valence-electron chi connectivity index (χ0n) is 19.3. The molecule has 0 aliphatic heterocycles. The molecule has 0 atom stereocenters. The fourth-order valence-corrected chi connectivity index (χ4v) is 4.07. The van der Waals surface area contributed by atoms with E-state index in [4.69, 9.17) is 16.1 Å². The van der Waals surface area contributed by atoms with Gasteiger partial charge in [-0.25, -0.2) is 9.78 Å². The largest absolute Gasteiger partial charge is 0.388 e. The number of imidazole rings is 1. The highest BCUT2D eigenvalue weighted by Crippen LogP contribution is 2.34. The molecule has 4 rings (SSSR count). The lowest BCUT2D eigenvalue weighted by molar-refractivity contribution is 0.228. The highest BCUT2D eigenvalue weighted by Gasteiger charge is 2.36. The van der Waals surface area contributed by atoms with Gasteiger partial charge in [-0.3, -0.25) is 10.3 Å². The molecule has 0 bridgehead atoms. The number of primary amides is 1. The summed E-state index contributed by atoms with van der Waals surface area (Å²) in [7, 11) is 1.91. The third-order valence-electron chi connectivity index (χ3n) is 5.88. The van der Waals surface area contributed by atoms with Gasteiger partial charge in [-0.2, -0.15) is 0 Å². The summed E-state index contributed by atoms with van der Waals surface area (Å²) in [5.74, 6) is 0.670. The second-order valence-electron chi connectivity index (χ2n) is 8.27. The van der Waals surface area contributed by atoms with E-state index in [0.717, 1.165) is 41.6 Å². The summed E-state index contributed by atoms with van der Waals surface area (Å²) >= 11 is 0. The molecule has 0 spiro atoms. The first-order valence-corrected chi connectivity index (χ1v) is 11.3. The van der Waals surface area contributed by atoms with Crippen LogP contribution in [-0.2, 0) is 0 Å². The summed E-state index contributed by atoms with van der Waals surface area (Å²) in [5, 5.41) is 12.1. The van der Waals surface area contributed by atoms with Crippen molar-refractivity contribution in [1.29, 1.82) is 5.41 Å². The Kier molecular flexibility index (Phi) is 6.31. The lowest BCUT2D eigenvalue weighted by Gasteiger charge is -2.20. The van der Waals surface area contributed by atoms with Crippen molar-refractivity contribution < 1.29 is 4.79 Å². The zero-order valence-corrected chi connectivity index (χ0v) is 19.3. The maximum Gasteiger partial charge on any atom is 0.320 e. The fraction of sp³-hybridized carbons (Fsp3) is 0.269. The molecule has 5 N–H and O–H groups in total. The fourth-order valence-electron chi connectivity index (χ4n) is 4.07. The Morgan fingerprint density at radius 2 is 1.97 bits per heavy atom. The molecule has 170 valence electrons. The summed E-state index contributed by atoms with van der Waals surface area (Å²) in [4.78, 5) is 21.7. The number of amides is 2. The normalized spacial score (nSPS) is 13.6. The number of anilines is 1. The molecule has 1 saturated carbocycles. The molecule has 7 heteroatoms. The lowest BCUT2D eigenvalue weighted by Crippen LogP contribution is -2.42. The van der Waals surface area contributed by atoms with Gasteiger partial charge in [0.15, 0.2) is 5.84 Å². The monoisotopic (exact) mass is 442 g/mol. The third-order valence-corrected chi connectivity index (χ3v) is 5.88. The van der Waals surface area contributed by atoms with Gasteiger partial charge in [0.2, 0.25) is 0 Å². The molecule has 0 unspecified atom stereocenters. The molecular formula is C26H30N6O. The number of nitrogens with two attached hydrogens (primary N) is 1. The van der Waals surface area contributed by atoms with Gasteiger partial charge < -0.3 is 16.0 Å². The van der Waals surface area contributed by atoms with Crippen molar-refractivity contribution >= 4 is 23.1 Å². The van der Waals surface area contributed by atoms with Crippen molar-refractivity contribution in [3.8, 4) is 22.6 Å². The first-order valence-electron chi connectivity index (χ1n) is 11.3. The minimum Gasteiger partial charge on any atom is -0.388 e. The van der Waals surface area contributed by atoms with Crippen LogP contribution >= 0.6 is 0 Å². The van der Waals surface area contributed by atoms with Crippen LogP contribution < -0.4 is 11.1 Å². The van der Waals surface area contributed by atoms with Crippen LogP contribution in [0.2, 0.25) is 0 Å². The zero-order chi connectivity index (χ0) is 23.5. The average molecular weight is 443 g/mol. The number of aromatic nitrogens is 2. The van der Waals surface area contributed by atoms with Gasteiger partial charge in [0, 0.05) is 35.5 Å². The molecule has 1 aliphatic rings. The number of allylic oxidation sites excluding steroid dienone is 2. The van der Waals surface area contributed by atoms with Crippen LogP contribution in [0.4, 0.5) is 10.5 Å². The molecule has 1 heterocycles. The number of aromatic amines is 1. The van der Waals surface area contributed by atoms with Crippen LogP contribution in [0.25, 0.3) is 28.2 Å². The number of hydrogen-bond donors (Lipinski definition) is 4. The highest BCUT2D eigenvalue weighted by atomic mass is 16.2. The third kappa shape index (κ3) is 4.53. The maximum absolute atomic E-state index is 12.2. The van der Waals surface area contributed by atoms with Crippen LogP contribution in [0.1, 0.15) is 44.4 Å². The number of carbonyl (C=O) groups is 1. The Labute approximate surface area is 194 Å². The van der Waals surface area contributed by atoms with E-state index in [-0.39, 0.29) is 11.9 Å². The van der Waals surface area contributed by atoms with Gasteiger partial charge in [-0.1, -0.05) is 49.4 Å². The summed E-state index contributed by atoms with van der Waals surface area (Å²) in [5.41, 5.74) is 11.8. The van der Waals surface area contributed by atoms with Gasteiger partial charge >= 0.3 is 6.03 Å². The van der Waals surface area contributed by atoms with E-state index in [9.17, 15) is 4.79 Å². The minimum absolute atomic E-state index is 0.0264. The summed E-state index contributed by atoms with van der Waals surface area (Å²) in [6.07, 6.45) is 4.82. The van der Waals surface area contributed by atoms with E-state index in [2.05, 4.69) is 36.3 Å². The van der Waals surface area contributed by atoms with Crippen molar-refractivity contribution in [1.82, 2.24) is 14.9 Å². The lowest BCUT2D eigenvalue weighted by atomic mass is 9.99. The standard InChI is InChI=1S/C26H30N6O/c1-4-8-16(2)20-15-18(11-14-21(20)29-3)22-23(24(27)32(26(28)33)19-12-13-19)31-25(30-22)17-9-6-5-7-10-17/h5-11,14-15,19,27,29H,4,12-13H2,1-3H3,(H2,28,33)(H,30,31)/b16-8+,27-24?. The molecule has 1 fully saturated rings. The second kappa shape index (κ2) is 9.32. The van der Waals surface area contributed by atoms with E-state index in [0.29, 0.717) is 17.2 Å². The number of H-pyrrole nitrogens is 1. The Morgan fingerprint density at radius 1 is 1.24 bits per heavy atom. The molecule has 7 nitrogen and oxygen atoms in total. The van der Waals surface area contributed by atoms with Gasteiger partial charge in [0.05, 0.1) is 5.69 Å². The highest BCUT2D eigenvalue weighted by molar-refractivity contribution is 6.08. The van der Waals surface area contributed by atoms with Gasteiger partial charge in [0.1, 0.15) is 11.5 Å². The van der Waals surface area contributed by atoms with Crippen molar-refractivity contribution in [2.24, 2.45) is 5.73 Å². The molecule has 2 amide bonds. The molecular weight excluding hydrogens is 412 g/mol. The van der Waals surface area contributed by atoms with E-state index < -0.39 is 6.03 Å². The number of carbonyl (C=O) groups excluding carboxylic acids is 1. The average Bonchev–Trinajstić information content (AvgIpc) is 3.54. The molecule has 0 radical (unpaired) electrons. The predicted molar refractivity (Wildman–Crippen MR) is 134 cm³/mol. The Hall–Kier alpha value is -3.87. The summed E-state index contributed by atoms with van der Waals surface area (Å²) in [6, 6.07) is 15.2. The molecule has 2 aromatic carbocycles. The second-order valence-corrected chi connectivity index (χ2v) is 8.27. The smallest absolute Gasteiger partial charge is 0.320 e.